The number of carbonyl (C=O) groups is 2. The molecule has 2 atom stereocenters. The third-order valence-corrected chi connectivity index (χ3v) is 4.81. The molecule has 114 valence electrons. The number of aromatic nitrogens is 1. The number of esters is 1. The standard InChI is InChI=1S/C15H19BrN2O3/c1-9-6-17(8-12(9)15(20)21-2)14(19)13-5-10(16)7-18(13)11-3-4-11/h5,7,9,11-12H,3-4,6,8H2,1-2H3. The predicted octanol–water partition coefficient (Wildman–Crippen LogP) is 2.47. The first-order valence-electron chi connectivity index (χ1n) is 7.25. The van der Waals surface area contributed by atoms with Crippen molar-refractivity contribution >= 4 is 27.8 Å². The van der Waals surface area contributed by atoms with Crippen LogP contribution in [0.2, 0.25) is 0 Å². The highest BCUT2D eigenvalue weighted by Gasteiger charge is 2.39. The molecule has 1 aliphatic carbocycles. The number of amides is 1. The molecule has 3 rings (SSSR count). The van der Waals surface area contributed by atoms with Crippen LogP contribution in [0, 0.1) is 11.8 Å². The summed E-state index contributed by atoms with van der Waals surface area (Å²) in [4.78, 5) is 26.3. The zero-order valence-corrected chi connectivity index (χ0v) is 13.8. The van der Waals surface area contributed by atoms with Gasteiger partial charge in [-0.1, -0.05) is 6.92 Å². The SMILES string of the molecule is COC(=O)C1CN(C(=O)c2cc(Br)cn2C2CC2)CC1C. The van der Waals surface area contributed by atoms with Gasteiger partial charge in [-0.3, -0.25) is 9.59 Å². The molecule has 5 nitrogen and oxygen atoms in total. The van der Waals surface area contributed by atoms with Gasteiger partial charge in [0.25, 0.3) is 5.91 Å². The van der Waals surface area contributed by atoms with Crippen LogP contribution in [-0.4, -0.2) is 41.5 Å². The second-order valence-electron chi connectivity index (χ2n) is 6.00. The van der Waals surface area contributed by atoms with Crippen molar-refractivity contribution in [3.63, 3.8) is 0 Å². The van der Waals surface area contributed by atoms with Crippen molar-refractivity contribution in [2.24, 2.45) is 11.8 Å². The van der Waals surface area contributed by atoms with Gasteiger partial charge in [0.15, 0.2) is 0 Å². The molecule has 6 heteroatoms. The summed E-state index contributed by atoms with van der Waals surface area (Å²) in [5, 5.41) is 0. The van der Waals surface area contributed by atoms with Gasteiger partial charge in [-0.2, -0.15) is 0 Å². The highest BCUT2D eigenvalue weighted by atomic mass is 79.9. The van der Waals surface area contributed by atoms with Crippen LogP contribution < -0.4 is 0 Å². The Morgan fingerprint density at radius 3 is 2.67 bits per heavy atom. The summed E-state index contributed by atoms with van der Waals surface area (Å²) in [5.74, 6) is -0.302. The number of likely N-dealkylation sites (tertiary alicyclic amines) is 1. The Morgan fingerprint density at radius 1 is 1.33 bits per heavy atom. The van der Waals surface area contributed by atoms with Gasteiger partial charge < -0.3 is 14.2 Å². The van der Waals surface area contributed by atoms with Crippen LogP contribution in [0.4, 0.5) is 0 Å². The lowest BCUT2D eigenvalue weighted by atomic mass is 9.99. The number of carbonyl (C=O) groups excluding carboxylic acids is 2. The first-order valence-corrected chi connectivity index (χ1v) is 8.05. The van der Waals surface area contributed by atoms with E-state index < -0.39 is 0 Å². The van der Waals surface area contributed by atoms with E-state index in [0.717, 1.165) is 17.3 Å². The lowest BCUT2D eigenvalue weighted by Gasteiger charge is -2.17. The summed E-state index contributed by atoms with van der Waals surface area (Å²) in [6.45, 7) is 3.04. The Morgan fingerprint density at radius 2 is 2.05 bits per heavy atom. The van der Waals surface area contributed by atoms with E-state index in [2.05, 4.69) is 20.5 Å². The van der Waals surface area contributed by atoms with E-state index in [1.54, 1.807) is 4.90 Å². The van der Waals surface area contributed by atoms with E-state index >= 15 is 0 Å². The van der Waals surface area contributed by atoms with Crippen LogP contribution in [0.25, 0.3) is 0 Å². The van der Waals surface area contributed by atoms with Gasteiger partial charge in [0, 0.05) is 29.8 Å². The molecular formula is C15H19BrN2O3. The van der Waals surface area contributed by atoms with Crippen LogP contribution in [-0.2, 0) is 9.53 Å². The molecule has 2 fully saturated rings. The maximum absolute atomic E-state index is 12.7. The van der Waals surface area contributed by atoms with Crippen molar-refractivity contribution in [1.82, 2.24) is 9.47 Å². The number of hydrogen-bond donors (Lipinski definition) is 0. The molecule has 2 heterocycles. The molecule has 0 radical (unpaired) electrons. The van der Waals surface area contributed by atoms with Crippen molar-refractivity contribution in [2.75, 3.05) is 20.2 Å². The Hall–Kier alpha value is -1.30. The minimum atomic E-state index is -0.225. The van der Waals surface area contributed by atoms with Crippen LogP contribution >= 0.6 is 15.9 Å². The fraction of sp³-hybridized carbons (Fsp3) is 0.600. The minimum Gasteiger partial charge on any atom is -0.469 e. The zero-order valence-electron chi connectivity index (χ0n) is 12.2. The average Bonchev–Trinajstić information content (AvgIpc) is 3.13. The zero-order chi connectivity index (χ0) is 15.1. The smallest absolute Gasteiger partial charge is 0.310 e. The van der Waals surface area contributed by atoms with Gasteiger partial charge in [0.2, 0.25) is 0 Å². The summed E-state index contributed by atoms with van der Waals surface area (Å²) in [5.41, 5.74) is 0.710. The highest BCUT2D eigenvalue weighted by Crippen LogP contribution is 2.38. The van der Waals surface area contributed by atoms with Gasteiger partial charge in [-0.25, -0.2) is 0 Å². The Labute approximate surface area is 132 Å². The molecule has 0 spiro atoms. The Kier molecular flexibility index (Phi) is 3.82. The van der Waals surface area contributed by atoms with Gasteiger partial charge in [0.05, 0.1) is 13.0 Å². The molecule has 0 N–H and O–H groups in total. The molecule has 2 unspecified atom stereocenters. The van der Waals surface area contributed by atoms with Crippen LogP contribution in [0.3, 0.4) is 0 Å². The van der Waals surface area contributed by atoms with Crippen molar-refractivity contribution in [2.45, 2.75) is 25.8 Å². The fourth-order valence-electron chi connectivity index (χ4n) is 3.02. The van der Waals surface area contributed by atoms with E-state index in [4.69, 9.17) is 4.74 Å². The molecule has 1 amide bonds. The monoisotopic (exact) mass is 354 g/mol. The molecule has 1 saturated carbocycles. The molecular weight excluding hydrogens is 336 g/mol. The van der Waals surface area contributed by atoms with Crippen LogP contribution in [0.1, 0.15) is 36.3 Å². The largest absolute Gasteiger partial charge is 0.469 e. The molecule has 1 saturated heterocycles. The van der Waals surface area contributed by atoms with Crippen LogP contribution in [0.15, 0.2) is 16.7 Å². The Bertz CT molecular complexity index is 579. The van der Waals surface area contributed by atoms with Crippen molar-refractivity contribution < 1.29 is 14.3 Å². The third-order valence-electron chi connectivity index (χ3n) is 4.38. The number of hydrogen-bond acceptors (Lipinski definition) is 3. The number of nitrogens with zero attached hydrogens (tertiary/aromatic N) is 2. The minimum absolute atomic E-state index is 0.00542. The first kappa shape index (κ1) is 14.6. The van der Waals surface area contributed by atoms with E-state index in [1.165, 1.54) is 7.11 Å². The number of ether oxygens (including phenoxy) is 1. The summed E-state index contributed by atoms with van der Waals surface area (Å²) < 4.78 is 7.81. The summed E-state index contributed by atoms with van der Waals surface area (Å²) >= 11 is 3.45. The molecule has 0 aromatic carbocycles. The molecule has 0 bridgehead atoms. The Balaban J connectivity index is 1.79. The van der Waals surface area contributed by atoms with Crippen molar-refractivity contribution in [3.05, 3.63) is 22.4 Å². The topological polar surface area (TPSA) is 51.5 Å². The van der Waals surface area contributed by atoms with Crippen LogP contribution in [0.5, 0.6) is 0 Å². The second kappa shape index (κ2) is 5.48. The predicted molar refractivity (Wildman–Crippen MR) is 81.0 cm³/mol. The summed E-state index contributed by atoms with van der Waals surface area (Å²) in [6, 6.07) is 2.32. The number of methoxy groups -OCH3 is 1. The maximum atomic E-state index is 12.7. The maximum Gasteiger partial charge on any atom is 0.310 e. The average molecular weight is 355 g/mol. The highest BCUT2D eigenvalue weighted by molar-refractivity contribution is 9.10. The van der Waals surface area contributed by atoms with E-state index in [9.17, 15) is 9.59 Å². The third kappa shape index (κ3) is 2.73. The van der Waals surface area contributed by atoms with Gasteiger partial charge >= 0.3 is 5.97 Å². The molecule has 21 heavy (non-hydrogen) atoms. The molecule has 1 aromatic rings. The summed E-state index contributed by atoms with van der Waals surface area (Å²) in [6.07, 6.45) is 4.23. The molecule has 1 aliphatic heterocycles. The first-order chi connectivity index (χ1) is 10.0. The molecule has 2 aliphatic rings. The van der Waals surface area contributed by atoms with Gasteiger partial charge in [0.1, 0.15) is 5.69 Å². The fourth-order valence-corrected chi connectivity index (χ4v) is 3.46. The quantitative estimate of drug-likeness (QED) is 0.783. The van der Waals surface area contributed by atoms with E-state index in [0.29, 0.717) is 24.8 Å². The number of halogens is 1. The number of rotatable bonds is 3. The normalized spacial score (nSPS) is 25.2. The van der Waals surface area contributed by atoms with Gasteiger partial charge in [-0.15, -0.1) is 0 Å². The van der Waals surface area contributed by atoms with Crippen molar-refractivity contribution in [3.8, 4) is 0 Å². The summed E-state index contributed by atoms with van der Waals surface area (Å²) in [7, 11) is 1.40. The lowest BCUT2D eigenvalue weighted by Crippen LogP contribution is -2.31. The molecule has 1 aromatic heterocycles. The second-order valence-corrected chi connectivity index (χ2v) is 6.91. The van der Waals surface area contributed by atoms with Crippen molar-refractivity contribution in [1.29, 1.82) is 0 Å². The van der Waals surface area contributed by atoms with E-state index in [-0.39, 0.29) is 23.7 Å². The van der Waals surface area contributed by atoms with E-state index in [1.807, 2.05) is 19.2 Å². The van der Waals surface area contributed by atoms with Gasteiger partial charge in [-0.05, 0) is 40.8 Å². The lowest BCUT2D eigenvalue weighted by molar-refractivity contribution is -0.146.